The van der Waals surface area contributed by atoms with Crippen molar-refractivity contribution in [3.63, 3.8) is 0 Å². The maximum absolute atomic E-state index is 4.56. The van der Waals surface area contributed by atoms with Crippen molar-refractivity contribution in [2.24, 2.45) is 0 Å². The Morgan fingerprint density at radius 3 is 2.88 bits per heavy atom. The van der Waals surface area contributed by atoms with Gasteiger partial charge in [0.05, 0.1) is 18.1 Å². The maximum atomic E-state index is 4.56. The molecule has 0 aliphatic carbocycles. The molecule has 0 amide bonds. The van der Waals surface area contributed by atoms with E-state index in [9.17, 15) is 0 Å². The van der Waals surface area contributed by atoms with Crippen molar-refractivity contribution in [2.75, 3.05) is 6.54 Å². The van der Waals surface area contributed by atoms with Gasteiger partial charge in [-0.1, -0.05) is 36.8 Å². The lowest BCUT2D eigenvalue weighted by molar-refractivity contribution is 0.137. The zero-order valence-electron chi connectivity index (χ0n) is 13.7. The summed E-state index contributed by atoms with van der Waals surface area (Å²) in [6, 6.07) is 11.0. The number of hydrogen-bond acceptors (Lipinski definition) is 4. The van der Waals surface area contributed by atoms with Gasteiger partial charge in [0.1, 0.15) is 5.01 Å². The molecule has 0 bridgehead atoms. The summed E-state index contributed by atoms with van der Waals surface area (Å²) in [6.07, 6.45) is 9.66. The molecular weight excluding hydrogens is 316 g/mol. The molecule has 0 saturated carbocycles. The minimum absolute atomic E-state index is 0.457. The molecule has 1 fully saturated rings. The highest BCUT2D eigenvalue weighted by Crippen LogP contribution is 2.33. The van der Waals surface area contributed by atoms with Gasteiger partial charge in [-0.3, -0.25) is 4.90 Å². The third kappa shape index (κ3) is 3.42. The molecular formula is C19H22N4S. The molecule has 24 heavy (non-hydrogen) atoms. The van der Waals surface area contributed by atoms with E-state index >= 15 is 0 Å². The first-order valence-corrected chi connectivity index (χ1v) is 9.44. The minimum atomic E-state index is 0.457. The quantitative estimate of drug-likeness (QED) is 0.702. The third-order valence-corrected chi connectivity index (χ3v) is 5.59. The van der Waals surface area contributed by atoms with Gasteiger partial charge < -0.3 is 4.57 Å². The van der Waals surface area contributed by atoms with Crippen LogP contribution in [0.2, 0.25) is 0 Å². The summed E-state index contributed by atoms with van der Waals surface area (Å²) in [4.78, 5) is 11.5. The Balaban J connectivity index is 1.51. The van der Waals surface area contributed by atoms with Crippen LogP contribution in [0, 0.1) is 0 Å². The predicted octanol–water partition coefficient (Wildman–Crippen LogP) is 4.12. The summed E-state index contributed by atoms with van der Waals surface area (Å²) >= 11 is 1.78. The van der Waals surface area contributed by atoms with Crippen molar-refractivity contribution in [1.29, 1.82) is 0 Å². The largest absolute Gasteiger partial charge is 0.329 e. The lowest BCUT2D eigenvalue weighted by Crippen LogP contribution is -2.33. The number of aromatic nitrogens is 3. The van der Waals surface area contributed by atoms with E-state index in [-0.39, 0.29) is 0 Å². The van der Waals surface area contributed by atoms with E-state index in [0.29, 0.717) is 6.04 Å². The number of hydrogen-bond donors (Lipinski definition) is 0. The minimum Gasteiger partial charge on any atom is -0.329 e. The summed E-state index contributed by atoms with van der Waals surface area (Å²) in [6.45, 7) is 2.96. The molecule has 1 atom stereocenters. The summed E-state index contributed by atoms with van der Waals surface area (Å²) in [7, 11) is 0. The van der Waals surface area contributed by atoms with Crippen molar-refractivity contribution >= 4 is 11.3 Å². The molecule has 1 aliphatic rings. The molecule has 0 unspecified atom stereocenters. The van der Waals surface area contributed by atoms with Crippen LogP contribution in [0.1, 0.15) is 41.6 Å². The van der Waals surface area contributed by atoms with Crippen molar-refractivity contribution < 1.29 is 0 Å². The van der Waals surface area contributed by atoms with Crippen LogP contribution in [-0.2, 0) is 13.1 Å². The summed E-state index contributed by atoms with van der Waals surface area (Å²) in [5.41, 5.74) is 2.59. The van der Waals surface area contributed by atoms with E-state index in [4.69, 9.17) is 0 Å². The Morgan fingerprint density at radius 1 is 1.12 bits per heavy atom. The van der Waals surface area contributed by atoms with Gasteiger partial charge in [-0.25, -0.2) is 9.97 Å². The highest BCUT2D eigenvalue weighted by Gasteiger charge is 2.26. The smallest absolute Gasteiger partial charge is 0.110 e. The highest BCUT2D eigenvalue weighted by atomic mass is 32.1. The Labute approximate surface area is 146 Å². The normalized spacial score (nSPS) is 18.8. The van der Waals surface area contributed by atoms with Gasteiger partial charge in [0.25, 0.3) is 0 Å². The SMILES string of the molecule is c1ccc(Cn2cncc2CN2CCCC[C@@H]2c2nccs2)cc1. The van der Waals surface area contributed by atoms with Gasteiger partial charge in [-0.2, -0.15) is 0 Å². The van der Waals surface area contributed by atoms with Crippen molar-refractivity contribution in [2.45, 2.75) is 38.4 Å². The highest BCUT2D eigenvalue weighted by molar-refractivity contribution is 7.09. The Bertz CT molecular complexity index is 751. The topological polar surface area (TPSA) is 34.0 Å². The molecule has 1 aliphatic heterocycles. The van der Waals surface area contributed by atoms with E-state index < -0.39 is 0 Å². The molecule has 1 aromatic carbocycles. The fourth-order valence-electron chi connectivity index (χ4n) is 3.47. The van der Waals surface area contributed by atoms with Gasteiger partial charge >= 0.3 is 0 Å². The molecule has 1 saturated heterocycles. The lowest BCUT2D eigenvalue weighted by Gasteiger charge is -2.34. The van der Waals surface area contributed by atoms with Crippen molar-refractivity contribution in [3.8, 4) is 0 Å². The number of rotatable bonds is 5. The second-order valence-electron chi connectivity index (χ2n) is 6.35. The zero-order valence-corrected chi connectivity index (χ0v) is 14.5. The molecule has 4 rings (SSSR count). The molecule has 4 nitrogen and oxygen atoms in total. The monoisotopic (exact) mass is 338 g/mol. The third-order valence-electron chi connectivity index (χ3n) is 4.71. The van der Waals surface area contributed by atoms with E-state index in [0.717, 1.165) is 19.6 Å². The average Bonchev–Trinajstić information content (AvgIpc) is 3.29. The van der Waals surface area contributed by atoms with Crippen LogP contribution in [0.5, 0.6) is 0 Å². The number of nitrogens with zero attached hydrogens (tertiary/aromatic N) is 4. The first-order valence-electron chi connectivity index (χ1n) is 8.56. The van der Waals surface area contributed by atoms with Gasteiger partial charge in [-0.05, 0) is 24.9 Å². The fraction of sp³-hybridized carbons (Fsp3) is 0.368. The maximum Gasteiger partial charge on any atom is 0.110 e. The van der Waals surface area contributed by atoms with E-state index in [1.54, 1.807) is 11.3 Å². The first kappa shape index (κ1) is 15.5. The lowest BCUT2D eigenvalue weighted by atomic mass is 10.0. The van der Waals surface area contributed by atoms with Gasteiger partial charge in [0.15, 0.2) is 0 Å². The molecule has 3 aromatic rings. The number of likely N-dealkylation sites (tertiary alicyclic amines) is 1. The molecule has 0 radical (unpaired) electrons. The molecule has 0 N–H and O–H groups in total. The molecule has 0 spiro atoms. The summed E-state index contributed by atoms with van der Waals surface area (Å²) < 4.78 is 2.27. The Morgan fingerprint density at radius 2 is 2.04 bits per heavy atom. The van der Waals surface area contributed by atoms with Crippen molar-refractivity contribution in [1.82, 2.24) is 19.4 Å². The van der Waals surface area contributed by atoms with Crippen LogP contribution in [0.4, 0.5) is 0 Å². The van der Waals surface area contributed by atoms with Crippen LogP contribution in [0.15, 0.2) is 54.4 Å². The van der Waals surface area contributed by atoms with E-state index in [1.807, 2.05) is 18.7 Å². The second-order valence-corrected chi connectivity index (χ2v) is 7.28. The van der Waals surface area contributed by atoms with Gasteiger partial charge in [-0.15, -0.1) is 11.3 Å². The van der Waals surface area contributed by atoms with Crippen LogP contribution in [0.3, 0.4) is 0 Å². The van der Waals surface area contributed by atoms with Crippen LogP contribution < -0.4 is 0 Å². The average molecular weight is 338 g/mol. The van der Waals surface area contributed by atoms with E-state index in [2.05, 4.69) is 55.1 Å². The van der Waals surface area contributed by atoms with Crippen LogP contribution >= 0.6 is 11.3 Å². The number of thiazole rings is 1. The molecule has 124 valence electrons. The predicted molar refractivity (Wildman–Crippen MR) is 96.9 cm³/mol. The number of benzene rings is 1. The van der Waals surface area contributed by atoms with Gasteiger partial charge in [0.2, 0.25) is 0 Å². The molecule has 2 aromatic heterocycles. The first-order chi connectivity index (χ1) is 11.9. The standard InChI is InChI=1S/C19H22N4S/c1-2-6-16(7-3-1)13-23-15-20-12-17(23)14-22-10-5-4-8-18(22)19-21-9-11-24-19/h1-3,6-7,9,11-12,15,18H,4-5,8,10,13-14H2/t18-/m1/s1. The Hall–Kier alpha value is -1.98. The fourth-order valence-corrected chi connectivity index (χ4v) is 4.28. The van der Waals surface area contributed by atoms with E-state index in [1.165, 1.54) is 35.5 Å². The van der Waals surface area contributed by atoms with Crippen LogP contribution in [0.25, 0.3) is 0 Å². The molecule has 3 heterocycles. The van der Waals surface area contributed by atoms with Crippen molar-refractivity contribution in [3.05, 3.63) is 70.7 Å². The number of imidazole rings is 1. The summed E-state index contributed by atoms with van der Waals surface area (Å²) in [5, 5.41) is 3.34. The second kappa shape index (κ2) is 7.28. The zero-order chi connectivity index (χ0) is 16.2. The summed E-state index contributed by atoms with van der Waals surface area (Å²) in [5.74, 6) is 0. The van der Waals surface area contributed by atoms with Gasteiger partial charge in [0, 0.05) is 30.9 Å². The molecule has 5 heteroatoms. The number of piperidine rings is 1. The van der Waals surface area contributed by atoms with Crippen LogP contribution in [-0.4, -0.2) is 26.0 Å². The Kier molecular flexibility index (Phi) is 4.71.